The van der Waals surface area contributed by atoms with Crippen LogP contribution in [0.5, 0.6) is 0 Å². The molecule has 0 saturated carbocycles. The maximum atomic E-state index is 12.3. The maximum absolute atomic E-state index is 12.3. The summed E-state index contributed by atoms with van der Waals surface area (Å²) < 4.78 is 36.8. The normalized spacial score (nSPS) is 11.6. The third-order valence-corrected chi connectivity index (χ3v) is 1.57. The molecule has 4 nitrogen and oxygen atoms in total. The number of carbonyl (C=O) groups excluding carboxylic acids is 1. The lowest BCUT2D eigenvalue weighted by molar-refractivity contribution is -0.141. The smallest absolute Gasteiger partial charge is 0.347 e. The summed E-state index contributed by atoms with van der Waals surface area (Å²) in [4.78, 5) is 18.0. The first-order chi connectivity index (χ1) is 7.30. The van der Waals surface area contributed by atoms with Crippen molar-refractivity contribution in [1.29, 1.82) is 0 Å². The maximum Gasteiger partial charge on any atom is 0.433 e. The zero-order chi connectivity index (χ0) is 12.3. The van der Waals surface area contributed by atoms with Gasteiger partial charge in [0.1, 0.15) is 5.69 Å². The Morgan fingerprint density at radius 1 is 1.44 bits per heavy atom. The molecular weight excluding hydrogens is 223 g/mol. The monoisotopic (exact) mass is 233 g/mol. The summed E-state index contributed by atoms with van der Waals surface area (Å²) in [5.41, 5.74) is -1.13. The molecule has 16 heavy (non-hydrogen) atoms. The van der Waals surface area contributed by atoms with Crippen molar-refractivity contribution in [2.75, 3.05) is 0 Å². The standard InChI is InChI=1S/C9H10F3N3O/c1-5(2)14-8(16)7-13-4-3-6(15-7)9(10,11)12/h3-5H,1-2H3,(H,14,16). The van der Waals surface area contributed by atoms with E-state index in [9.17, 15) is 18.0 Å². The van der Waals surface area contributed by atoms with Crippen LogP contribution in [0.15, 0.2) is 12.3 Å². The lowest BCUT2D eigenvalue weighted by Crippen LogP contribution is -2.32. The molecule has 0 radical (unpaired) electrons. The van der Waals surface area contributed by atoms with Crippen LogP contribution in [0, 0.1) is 0 Å². The highest BCUT2D eigenvalue weighted by Crippen LogP contribution is 2.26. The van der Waals surface area contributed by atoms with Crippen LogP contribution >= 0.6 is 0 Å². The van der Waals surface area contributed by atoms with Crippen LogP contribution in [0.4, 0.5) is 13.2 Å². The van der Waals surface area contributed by atoms with E-state index >= 15 is 0 Å². The lowest BCUT2D eigenvalue weighted by Gasteiger charge is -2.09. The third-order valence-electron chi connectivity index (χ3n) is 1.57. The molecule has 1 heterocycles. The third kappa shape index (κ3) is 3.18. The first-order valence-electron chi connectivity index (χ1n) is 4.52. The van der Waals surface area contributed by atoms with Gasteiger partial charge >= 0.3 is 6.18 Å². The van der Waals surface area contributed by atoms with Crippen LogP contribution in [0.25, 0.3) is 0 Å². The second kappa shape index (κ2) is 4.46. The highest BCUT2D eigenvalue weighted by Gasteiger charge is 2.33. The quantitative estimate of drug-likeness (QED) is 0.844. The van der Waals surface area contributed by atoms with Gasteiger partial charge in [0.05, 0.1) is 0 Å². The summed E-state index contributed by atoms with van der Waals surface area (Å²) in [6, 6.07) is 0.525. The number of halogens is 3. The Hall–Kier alpha value is -1.66. The van der Waals surface area contributed by atoms with Crippen molar-refractivity contribution in [3.63, 3.8) is 0 Å². The Kier molecular flexibility index (Phi) is 3.46. The number of nitrogens with one attached hydrogen (secondary N) is 1. The fraction of sp³-hybridized carbons (Fsp3) is 0.444. The van der Waals surface area contributed by atoms with Gasteiger partial charge in [-0.3, -0.25) is 4.79 Å². The van der Waals surface area contributed by atoms with Gasteiger partial charge in [-0.25, -0.2) is 9.97 Å². The SMILES string of the molecule is CC(C)NC(=O)c1nccc(C(F)(F)F)n1. The number of alkyl halides is 3. The molecule has 1 amide bonds. The van der Waals surface area contributed by atoms with Gasteiger partial charge in [0.25, 0.3) is 5.91 Å². The van der Waals surface area contributed by atoms with Gasteiger partial charge in [-0.05, 0) is 19.9 Å². The van der Waals surface area contributed by atoms with E-state index in [0.717, 1.165) is 6.20 Å². The van der Waals surface area contributed by atoms with E-state index in [0.29, 0.717) is 6.07 Å². The molecular formula is C9H10F3N3O. The largest absolute Gasteiger partial charge is 0.433 e. The van der Waals surface area contributed by atoms with E-state index in [-0.39, 0.29) is 6.04 Å². The highest BCUT2D eigenvalue weighted by molar-refractivity contribution is 5.90. The topological polar surface area (TPSA) is 54.9 Å². The summed E-state index contributed by atoms with van der Waals surface area (Å²) in [5.74, 6) is -1.20. The van der Waals surface area contributed by atoms with E-state index in [2.05, 4.69) is 15.3 Å². The summed E-state index contributed by atoms with van der Waals surface area (Å²) in [5, 5.41) is 2.41. The Bertz CT molecular complexity index is 390. The average Bonchev–Trinajstić information content (AvgIpc) is 2.15. The van der Waals surface area contributed by atoms with Gasteiger partial charge in [0.2, 0.25) is 5.82 Å². The van der Waals surface area contributed by atoms with Crippen LogP contribution < -0.4 is 5.32 Å². The fourth-order valence-electron chi connectivity index (χ4n) is 0.953. The predicted octanol–water partition coefficient (Wildman–Crippen LogP) is 1.63. The van der Waals surface area contributed by atoms with Crippen LogP contribution in [0.1, 0.15) is 30.2 Å². The van der Waals surface area contributed by atoms with Crippen LogP contribution in [-0.4, -0.2) is 21.9 Å². The molecule has 1 rings (SSSR count). The van der Waals surface area contributed by atoms with E-state index in [1.165, 1.54) is 0 Å². The number of nitrogens with zero attached hydrogens (tertiary/aromatic N) is 2. The number of hydrogen-bond donors (Lipinski definition) is 1. The van der Waals surface area contributed by atoms with E-state index in [1.54, 1.807) is 13.8 Å². The molecule has 1 N–H and O–H groups in total. The van der Waals surface area contributed by atoms with Gasteiger partial charge < -0.3 is 5.32 Å². The first-order valence-corrected chi connectivity index (χ1v) is 4.52. The highest BCUT2D eigenvalue weighted by atomic mass is 19.4. The van der Waals surface area contributed by atoms with E-state index in [4.69, 9.17) is 0 Å². The van der Waals surface area contributed by atoms with Crippen molar-refractivity contribution in [3.05, 3.63) is 23.8 Å². The zero-order valence-electron chi connectivity index (χ0n) is 8.67. The van der Waals surface area contributed by atoms with Crippen LogP contribution in [0.2, 0.25) is 0 Å². The minimum Gasteiger partial charge on any atom is -0.347 e. The number of amides is 1. The van der Waals surface area contributed by atoms with Crippen molar-refractivity contribution >= 4 is 5.91 Å². The molecule has 0 aliphatic heterocycles. The molecule has 0 atom stereocenters. The van der Waals surface area contributed by atoms with Crippen molar-refractivity contribution < 1.29 is 18.0 Å². The summed E-state index contributed by atoms with van der Waals surface area (Å²) in [6.07, 6.45) is -3.67. The number of rotatable bonds is 2. The molecule has 1 aromatic heterocycles. The number of hydrogen-bond acceptors (Lipinski definition) is 3. The van der Waals surface area contributed by atoms with Crippen molar-refractivity contribution in [2.24, 2.45) is 0 Å². The molecule has 0 aliphatic carbocycles. The zero-order valence-corrected chi connectivity index (χ0v) is 8.67. The summed E-state index contributed by atoms with van der Waals surface area (Å²) in [6.45, 7) is 3.37. The fourth-order valence-corrected chi connectivity index (χ4v) is 0.953. The van der Waals surface area contributed by atoms with Gasteiger partial charge in [-0.1, -0.05) is 0 Å². The minimum atomic E-state index is -4.57. The van der Waals surface area contributed by atoms with Crippen LogP contribution in [0.3, 0.4) is 0 Å². The molecule has 0 fully saturated rings. The summed E-state index contributed by atoms with van der Waals surface area (Å²) in [7, 11) is 0. The number of carbonyl (C=O) groups is 1. The molecule has 0 aromatic carbocycles. The van der Waals surface area contributed by atoms with E-state index in [1.807, 2.05) is 0 Å². The van der Waals surface area contributed by atoms with Gasteiger partial charge in [-0.2, -0.15) is 13.2 Å². The minimum absolute atomic E-state index is 0.189. The molecule has 0 unspecified atom stereocenters. The Morgan fingerprint density at radius 3 is 2.56 bits per heavy atom. The van der Waals surface area contributed by atoms with Crippen molar-refractivity contribution in [3.8, 4) is 0 Å². The van der Waals surface area contributed by atoms with Gasteiger partial charge in [-0.15, -0.1) is 0 Å². The average molecular weight is 233 g/mol. The molecule has 1 aromatic rings. The Balaban J connectivity index is 2.95. The first kappa shape index (κ1) is 12.4. The molecule has 7 heteroatoms. The van der Waals surface area contributed by atoms with Crippen molar-refractivity contribution in [1.82, 2.24) is 15.3 Å². The van der Waals surface area contributed by atoms with Gasteiger partial charge in [0, 0.05) is 12.2 Å². The number of aromatic nitrogens is 2. The molecule has 0 spiro atoms. The predicted molar refractivity (Wildman–Crippen MR) is 49.6 cm³/mol. The second-order valence-electron chi connectivity index (χ2n) is 3.39. The van der Waals surface area contributed by atoms with Gasteiger partial charge in [0.15, 0.2) is 0 Å². The van der Waals surface area contributed by atoms with Crippen LogP contribution in [-0.2, 0) is 6.18 Å². The molecule has 0 bridgehead atoms. The Morgan fingerprint density at radius 2 is 2.06 bits per heavy atom. The summed E-state index contributed by atoms with van der Waals surface area (Å²) >= 11 is 0. The molecule has 0 aliphatic rings. The second-order valence-corrected chi connectivity index (χ2v) is 3.39. The Labute approximate surface area is 89.9 Å². The molecule has 0 saturated heterocycles. The van der Waals surface area contributed by atoms with E-state index < -0.39 is 23.6 Å². The lowest BCUT2D eigenvalue weighted by atomic mass is 10.3. The molecule has 88 valence electrons. The van der Waals surface area contributed by atoms with Crippen molar-refractivity contribution in [2.45, 2.75) is 26.1 Å².